The van der Waals surface area contributed by atoms with Gasteiger partial charge in [0.25, 0.3) is 5.91 Å². The number of ether oxygens (including phenoxy) is 1. The number of amides is 1. The van der Waals surface area contributed by atoms with Crippen molar-refractivity contribution in [3.8, 4) is 0 Å². The van der Waals surface area contributed by atoms with Gasteiger partial charge in [-0.05, 0) is 35.9 Å². The molecule has 3 aromatic rings. The van der Waals surface area contributed by atoms with Gasteiger partial charge in [0.05, 0.1) is 23.9 Å². The van der Waals surface area contributed by atoms with Crippen LogP contribution in [-0.4, -0.2) is 35.8 Å². The second-order valence-electron chi connectivity index (χ2n) is 6.02. The van der Waals surface area contributed by atoms with Crippen molar-refractivity contribution in [3.05, 3.63) is 59.3 Å². The summed E-state index contributed by atoms with van der Waals surface area (Å²) in [6.45, 7) is 1.95. The molecule has 1 amide bonds. The molecular formula is C18H16F2N4O2. The molecule has 4 rings (SSSR count). The lowest BCUT2D eigenvalue weighted by atomic mass is 10.1. The fourth-order valence-electron chi connectivity index (χ4n) is 2.96. The Hall–Kier alpha value is -2.84. The lowest BCUT2D eigenvalue weighted by Crippen LogP contribution is -2.33. The molecule has 1 fully saturated rings. The zero-order chi connectivity index (χ0) is 18.1. The number of carbonyl (C=O) groups excluding carboxylic acids is 1. The van der Waals surface area contributed by atoms with E-state index in [1.165, 1.54) is 30.3 Å². The molecule has 0 spiro atoms. The van der Waals surface area contributed by atoms with E-state index in [9.17, 15) is 13.6 Å². The first-order valence-corrected chi connectivity index (χ1v) is 8.18. The van der Waals surface area contributed by atoms with Crippen LogP contribution in [0.3, 0.4) is 0 Å². The van der Waals surface area contributed by atoms with Gasteiger partial charge in [0.15, 0.2) is 5.69 Å². The summed E-state index contributed by atoms with van der Waals surface area (Å²) in [5, 5.41) is 12.6. The van der Waals surface area contributed by atoms with E-state index in [0.29, 0.717) is 29.6 Å². The Labute approximate surface area is 147 Å². The third-order valence-corrected chi connectivity index (χ3v) is 4.28. The molecule has 134 valence electrons. The fraction of sp³-hybridized carbons (Fsp3) is 0.222. The molecule has 3 N–H and O–H groups in total. The molecule has 1 aliphatic rings. The van der Waals surface area contributed by atoms with Crippen molar-refractivity contribution in [2.24, 2.45) is 0 Å². The van der Waals surface area contributed by atoms with E-state index in [2.05, 4.69) is 20.8 Å². The van der Waals surface area contributed by atoms with Gasteiger partial charge in [-0.2, -0.15) is 5.10 Å². The maximum absolute atomic E-state index is 14.4. The van der Waals surface area contributed by atoms with E-state index in [1.807, 2.05) is 0 Å². The summed E-state index contributed by atoms with van der Waals surface area (Å²) < 4.78 is 33.2. The van der Waals surface area contributed by atoms with Crippen LogP contribution in [0.25, 0.3) is 10.9 Å². The predicted octanol–water partition coefficient (Wildman–Crippen LogP) is 2.75. The van der Waals surface area contributed by atoms with E-state index in [-0.39, 0.29) is 17.5 Å². The molecule has 6 nitrogen and oxygen atoms in total. The van der Waals surface area contributed by atoms with E-state index in [4.69, 9.17) is 4.74 Å². The number of H-pyrrole nitrogens is 1. The summed E-state index contributed by atoms with van der Waals surface area (Å²) in [6.07, 6.45) is -0.215. The second kappa shape index (κ2) is 6.81. The number of aromatic amines is 1. The summed E-state index contributed by atoms with van der Waals surface area (Å²) in [4.78, 5) is 12.4. The third-order valence-electron chi connectivity index (χ3n) is 4.28. The monoisotopic (exact) mass is 358 g/mol. The summed E-state index contributed by atoms with van der Waals surface area (Å²) >= 11 is 0. The topological polar surface area (TPSA) is 79.0 Å². The molecular weight excluding hydrogens is 342 g/mol. The fourth-order valence-corrected chi connectivity index (χ4v) is 2.96. The van der Waals surface area contributed by atoms with Gasteiger partial charge < -0.3 is 15.4 Å². The number of hydrogen-bond acceptors (Lipinski definition) is 4. The van der Waals surface area contributed by atoms with Crippen molar-refractivity contribution in [2.45, 2.75) is 6.10 Å². The number of nitrogens with zero attached hydrogens (tertiary/aromatic N) is 1. The quantitative estimate of drug-likeness (QED) is 0.673. The van der Waals surface area contributed by atoms with Crippen molar-refractivity contribution in [1.29, 1.82) is 0 Å². The van der Waals surface area contributed by atoms with Crippen LogP contribution in [-0.2, 0) is 4.74 Å². The van der Waals surface area contributed by atoms with Crippen LogP contribution in [0.4, 0.5) is 14.5 Å². The van der Waals surface area contributed by atoms with Crippen molar-refractivity contribution in [2.75, 3.05) is 25.0 Å². The minimum absolute atomic E-state index is 0.0424. The number of morpholine rings is 1. The molecule has 26 heavy (non-hydrogen) atoms. The maximum Gasteiger partial charge on any atom is 0.276 e. The highest BCUT2D eigenvalue weighted by Crippen LogP contribution is 2.25. The Morgan fingerprint density at radius 3 is 2.88 bits per heavy atom. The number of anilines is 1. The Bertz CT molecular complexity index is 967. The minimum atomic E-state index is -0.579. The first-order chi connectivity index (χ1) is 12.6. The molecule has 1 aromatic heterocycles. The Balaban J connectivity index is 1.55. The highest BCUT2D eigenvalue weighted by molar-refractivity contribution is 6.11. The molecule has 0 unspecified atom stereocenters. The lowest BCUT2D eigenvalue weighted by Gasteiger charge is -2.24. The molecule has 1 atom stereocenters. The number of aromatic nitrogens is 2. The zero-order valence-corrected chi connectivity index (χ0v) is 13.7. The summed E-state index contributed by atoms with van der Waals surface area (Å²) in [5.41, 5.74) is 1.21. The number of nitrogens with one attached hydrogen (secondary N) is 3. The Morgan fingerprint density at radius 2 is 2.12 bits per heavy atom. The van der Waals surface area contributed by atoms with Gasteiger partial charge in [0, 0.05) is 18.5 Å². The van der Waals surface area contributed by atoms with Crippen LogP contribution < -0.4 is 10.6 Å². The van der Waals surface area contributed by atoms with E-state index >= 15 is 0 Å². The number of hydrogen-bond donors (Lipinski definition) is 3. The number of benzene rings is 2. The molecule has 0 radical (unpaired) electrons. The minimum Gasteiger partial charge on any atom is -0.371 e. The van der Waals surface area contributed by atoms with Gasteiger partial charge in [-0.1, -0.05) is 6.07 Å². The van der Waals surface area contributed by atoms with Crippen LogP contribution in [0, 0.1) is 11.6 Å². The van der Waals surface area contributed by atoms with Gasteiger partial charge >= 0.3 is 0 Å². The van der Waals surface area contributed by atoms with Crippen molar-refractivity contribution >= 4 is 22.5 Å². The van der Waals surface area contributed by atoms with Crippen LogP contribution >= 0.6 is 0 Å². The van der Waals surface area contributed by atoms with Crippen LogP contribution in [0.5, 0.6) is 0 Å². The van der Waals surface area contributed by atoms with E-state index < -0.39 is 17.5 Å². The van der Waals surface area contributed by atoms with Gasteiger partial charge in [-0.15, -0.1) is 0 Å². The van der Waals surface area contributed by atoms with Crippen LogP contribution in [0.2, 0.25) is 0 Å². The van der Waals surface area contributed by atoms with E-state index in [0.717, 1.165) is 6.54 Å². The Morgan fingerprint density at radius 1 is 1.23 bits per heavy atom. The highest BCUT2D eigenvalue weighted by Gasteiger charge is 2.19. The normalized spacial score (nSPS) is 17.4. The lowest BCUT2D eigenvalue weighted by molar-refractivity contribution is 0.0275. The van der Waals surface area contributed by atoms with Gasteiger partial charge in [0.1, 0.15) is 11.6 Å². The number of carbonyl (C=O) groups is 1. The third kappa shape index (κ3) is 3.16. The highest BCUT2D eigenvalue weighted by atomic mass is 19.1. The van der Waals surface area contributed by atoms with Crippen molar-refractivity contribution in [3.63, 3.8) is 0 Å². The predicted molar refractivity (Wildman–Crippen MR) is 92.0 cm³/mol. The molecule has 0 saturated carbocycles. The summed E-state index contributed by atoms with van der Waals surface area (Å²) in [6, 6.07) is 8.50. The number of halogens is 2. The summed E-state index contributed by atoms with van der Waals surface area (Å²) in [5.74, 6) is -1.57. The van der Waals surface area contributed by atoms with Gasteiger partial charge in [-0.25, -0.2) is 8.78 Å². The first-order valence-electron chi connectivity index (χ1n) is 8.18. The molecule has 1 saturated heterocycles. The molecule has 1 aliphatic heterocycles. The Kier molecular flexibility index (Phi) is 4.36. The SMILES string of the molecule is O=C(Nc1ccc([C@@H]2CNCCO2)cc1F)c1n[nH]c2cc(F)ccc12. The maximum atomic E-state index is 14.4. The van der Waals surface area contributed by atoms with Crippen LogP contribution in [0.15, 0.2) is 36.4 Å². The van der Waals surface area contributed by atoms with E-state index in [1.54, 1.807) is 6.07 Å². The van der Waals surface area contributed by atoms with Crippen molar-refractivity contribution < 1.29 is 18.3 Å². The largest absolute Gasteiger partial charge is 0.371 e. The molecule has 0 bridgehead atoms. The molecule has 2 heterocycles. The number of rotatable bonds is 3. The summed E-state index contributed by atoms with van der Waals surface area (Å²) in [7, 11) is 0. The smallest absolute Gasteiger partial charge is 0.276 e. The van der Waals surface area contributed by atoms with Crippen LogP contribution in [0.1, 0.15) is 22.2 Å². The van der Waals surface area contributed by atoms with Gasteiger partial charge in [-0.3, -0.25) is 9.89 Å². The van der Waals surface area contributed by atoms with Crippen molar-refractivity contribution in [1.82, 2.24) is 15.5 Å². The zero-order valence-electron chi connectivity index (χ0n) is 13.7. The average Bonchev–Trinajstić information content (AvgIpc) is 3.07. The number of fused-ring (bicyclic) bond motifs is 1. The first kappa shape index (κ1) is 16.6. The molecule has 2 aromatic carbocycles. The molecule has 8 heteroatoms. The molecule has 0 aliphatic carbocycles. The van der Waals surface area contributed by atoms with Gasteiger partial charge in [0.2, 0.25) is 0 Å². The average molecular weight is 358 g/mol. The second-order valence-corrected chi connectivity index (χ2v) is 6.02. The standard InChI is InChI=1S/C18H16F2N4O2/c19-11-2-3-12-15(8-11)23-24-17(12)18(25)22-14-4-1-10(7-13(14)20)16-9-21-5-6-26-16/h1-4,7-8,16,21H,5-6,9H2,(H,22,25)(H,23,24)/t16-/m0/s1.